The van der Waals surface area contributed by atoms with Crippen molar-refractivity contribution >= 4 is 37.4 Å². The van der Waals surface area contributed by atoms with Crippen LogP contribution in [0.3, 0.4) is 0 Å². The highest BCUT2D eigenvalue weighted by atomic mass is 79.9. The average Bonchev–Trinajstić information content (AvgIpc) is 2.78. The van der Waals surface area contributed by atoms with Crippen LogP contribution in [0.5, 0.6) is 0 Å². The highest BCUT2D eigenvalue weighted by Gasteiger charge is 2.37. The maximum atomic E-state index is 12.4. The first-order valence-corrected chi connectivity index (χ1v) is 9.17. The van der Waals surface area contributed by atoms with Gasteiger partial charge in [-0.15, -0.1) is 0 Å². The molecule has 100 valence electrons. The molecule has 0 atom stereocenters. The largest absolute Gasteiger partial charge is 0.224 e. The van der Waals surface area contributed by atoms with E-state index in [1.807, 2.05) is 0 Å². The minimum atomic E-state index is -3.22. The van der Waals surface area contributed by atoms with Gasteiger partial charge in [0.2, 0.25) is 0 Å². The third-order valence-corrected chi connectivity index (χ3v) is 7.04. The first kappa shape index (κ1) is 14.4. The lowest BCUT2D eigenvalue weighted by molar-refractivity contribution is 0.394. The van der Waals surface area contributed by atoms with Crippen LogP contribution in [0, 0.1) is 5.41 Å². The molecule has 0 bridgehead atoms. The molecular weight excluding hydrogens is 336 g/mol. The Kier molecular flexibility index (Phi) is 4.40. The molecular formula is C13H16BrClO2S. The summed E-state index contributed by atoms with van der Waals surface area (Å²) >= 11 is 9.27. The maximum Gasteiger partial charge on any atom is 0.178 e. The third-order valence-electron chi connectivity index (χ3n) is 3.62. The van der Waals surface area contributed by atoms with Crippen molar-refractivity contribution in [1.29, 1.82) is 0 Å². The number of hydrogen-bond donors (Lipinski definition) is 0. The van der Waals surface area contributed by atoms with Crippen LogP contribution in [0.25, 0.3) is 0 Å². The monoisotopic (exact) mass is 350 g/mol. The van der Waals surface area contributed by atoms with Gasteiger partial charge < -0.3 is 0 Å². The summed E-state index contributed by atoms with van der Waals surface area (Å²) in [6.45, 7) is 0. The van der Waals surface area contributed by atoms with Crippen molar-refractivity contribution in [2.75, 3.05) is 11.1 Å². The second kappa shape index (κ2) is 5.51. The molecule has 1 aliphatic carbocycles. The molecule has 0 heterocycles. The molecule has 1 aliphatic rings. The van der Waals surface area contributed by atoms with Crippen LogP contribution >= 0.6 is 27.5 Å². The molecule has 0 aromatic heterocycles. The number of sulfone groups is 1. The van der Waals surface area contributed by atoms with Crippen LogP contribution in [0.2, 0.25) is 5.02 Å². The minimum Gasteiger partial charge on any atom is -0.224 e. The Morgan fingerprint density at radius 3 is 2.22 bits per heavy atom. The van der Waals surface area contributed by atoms with E-state index < -0.39 is 9.84 Å². The van der Waals surface area contributed by atoms with Gasteiger partial charge in [0.1, 0.15) is 0 Å². The molecule has 18 heavy (non-hydrogen) atoms. The van der Waals surface area contributed by atoms with Gasteiger partial charge >= 0.3 is 0 Å². The Bertz CT molecular complexity index is 504. The van der Waals surface area contributed by atoms with E-state index in [1.165, 1.54) is 0 Å². The first-order chi connectivity index (χ1) is 8.47. The van der Waals surface area contributed by atoms with Gasteiger partial charge in [-0.05, 0) is 42.5 Å². The fourth-order valence-corrected chi connectivity index (χ4v) is 5.63. The predicted octanol–water partition coefficient (Wildman–Crippen LogP) is 4.07. The summed E-state index contributed by atoms with van der Waals surface area (Å²) in [6.07, 6.45) is 4.24. The van der Waals surface area contributed by atoms with E-state index in [2.05, 4.69) is 15.9 Å². The zero-order valence-corrected chi connectivity index (χ0v) is 13.2. The molecule has 1 aromatic carbocycles. The molecule has 1 saturated carbocycles. The molecule has 0 radical (unpaired) electrons. The molecule has 0 aliphatic heterocycles. The van der Waals surface area contributed by atoms with Crippen LogP contribution in [-0.4, -0.2) is 19.5 Å². The van der Waals surface area contributed by atoms with E-state index in [9.17, 15) is 8.42 Å². The summed E-state index contributed by atoms with van der Waals surface area (Å²) in [5.41, 5.74) is -0.0849. The highest BCUT2D eigenvalue weighted by Crippen LogP contribution is 2.41. The second-order valence-corrected chi connectivity index (χ2v) is 8.04. The zero-order valence-electron chi connectivity index (χ0n) is 10.0. The van der Waals surface area contributed by atoms with Crippen molar-refractivity contribution in [2.45, 2.75) is 30.6 Å². The predicted molar refractivity (Wildman–Crippen MR) is 78.2 cm³/mol. The molecule has 0 saturated heterocycles. The van der Waals surface area contributed by atoms with Crippen LogP contribution in [0.1, 0.15) is 25.7 Å². The molecule has 2 rings (SSSR count). The van der Waals surface area contributed by atoms with Crippen LogP contribution in [0.4, 0.5) is 0 Å². The normalized spacial score (nSPS) is 19.0. The maximum absolute atomic E-state index is 12.4. The molecule has 2 nitrogen and oxygen atoms in total. The van der Waals surface area contributed by atoms with Gasteiger partial charge in [0.15, 0.2) is 9.84 Å². The Labute approximate surface area is 122 Å². The van der Waals surface area contributed by atoms with E-state index in [-0.39, 0.29) is 11.2 Å². The SMILES string of the molecule is O=S(=O)(CC1(CBr)CCCC1)c1ccc(Cl)cc1. The van der Waals surface area contributed by atoms with E-state index in [0.29, 0.717) is 9.92 Å². The Hall–Kier alpha value is -0.0600. The van der Waals surface area contributed by atoms with E-state index >= 15 is 0 Å². The van der Waals surface area contributed by atoms with Crippen LogP contribution in [0.15, 0.2) is 29.2 Å². The van der Waals surface area contributed by atoms with Gasteiger partial charge in [-0.1, -0.05) is 40.4 Å². The average molecular weight is 352 g/mol. The van der Waals surface area contributed by atoms with Crippen LogP contribution < -0.4 is 0 Å². The first-order valence-electron chi connectivity index (χ1n) is 6.02. The molecule has 0 unspecified atom stereocenters. The lowest BCUT2D eigenvalue weighted by Gasteiger charge is -2.26. The summed E-state index contributed by atoms with van der Waals surface area (Å²) < 4.78 is 24.8. The Morgan fingerprint density at radius 1 is 1.17 bits per heavy atom. The number of hydrogen-bond acceptors (Lipinski definition) is 2. The summed E-state index contributed by atoms with van der Waals surface area (Å²) in [5.74, 6) is 0.229. The number of alkyl halides is 1. The van der Waals surface area contributed by atoms with Crippen molar-refractivity contribution in [3.05, 3.63) is 29.3 Å². The van der Waals surface area contributed by atoms with Gasteiger partial charge in [-0.3, -0.25) is 0 Å². The van der Waals surface area contributed by atoms with Gasteiger partial charge in [0.05, 0.1) is 10.6 Å². The fraction of sp³-hybridized carbons (Fsp3) is 0.538. The minimum absolute atomic E-state index is 0.0849. The number of benzene rings is 1. The summed E-state index contributed by atoms with van der Waals surface area (Å²) in [6, 6.07) is 6.44. The molecule has 0 spiro atoms. The fourth-order valence-electron chi connectivity index (χ4n) is 2.57. The van der Waals surface area contributed by atoms with Gasteiger partial charge in [-0.25, -0.2) is 8.42 Å². The number of halogens is 2. The second-order valence-electron chi connectivity index (χ2n) is 5.05. The van der Waals surface area contributed by atoms with Gasteiger partial charge in [0.25, 0.3) is 0 Å². The summed E-state index contributed by atoms with van der Waals surface area (Å²) in [5, 5.41) is 1.32. The number of rotatable bonds is 4. The lowest BCUT2D eigenvalue weighted by Crippen LogP contribution is -2.29. The molecule has 0 N–H and O–H groups in total. The van der Waals surface area contributed by atoms with Gasteiger partial charge in [-0.2, -0.15) is 0 Å². The van der Waals surface area contributed by atoms with Crippen molar-refractivity contribution in [3.63, 3.8) is 0 Å². The van der Waals surface area contributed by atoms with E-state index in [4.69, 9.17) is 11.6 Å². The van der Waals surface area contributed by atoms with E-state index in [0.717, 1.165) is 31.0 Å². The third kappa shape index (κ3) is 3.09. The topological polar surface area (TPSA) is 34.1 Å². The standard InChI is InChI=1S/C13H16BrClO2S/c14-9-13(7-1-2-8-13)10-18(16,17)12-5-3-11(15)4-6-12/h3-6H,1-2,7-10H2. The Morgan fingerprint density at radius 2 is 1.72 bits per heavy atom. The molecule has 1 fully saturated rings. The quantitative estimate of drug-likeness (QED) is 0.766. The highest BCUT2D eigenvalue weighted by molar-refractivity contribution is 9.09. The molecule has 5 heteroatoms. The van der Waals surface area contributed by atoms with E-state index in [1.54, 1.807) is 24.3 Å². The smallest absolute Gasteiger partial charge is 0.178 e. The van der Waals surface area contributed by atoms with Crippen molar-refractivity contribution in [1.82, 2.24) is 0 Å². The van der Waals surface area contributed by atoms with Gasteiger partial charge in [0, 0.05) is 10.4 Å². The Balaban J connectivity index is 2.24. The zero-order chi connectivity index (χ0) is 13.2. The molecule has 0 amide bonds. The van der Waals surface area contributed by atoms with Crippen molar-refractivity contribution < 1.29 is 8.42 Å². The molecule has 1 aromatic rings. The summed E-state index contributed by atoms with van der Waals surface area (Å²) in [4.78, 5) is 0.374. The van der Waals surface area contributed by atoms with Crippen LogP contribution in [-0.2, 0) is 9.84 Å². The lowest BCUT2D eigenvalue weighted by atomic mass is 9.92. The van der Waals surface area contributed by atoms with Crippen molar-refractivity contribution in [3.8, 4) is 0 Å². The summed E-state index contributed by atoms with van der Waals surface area (Å²) in [7, 11) is -3.22. The van der Waals surface area contributed by atoms with Crippen molar-refractivity contribution in [2.24, 2.45) is 5.41 Å².